The van der Waals surface area contributed by atoms with Crippen LogP contribution in [0.25, 0.3) is 0 Å². The van der Waals surface area contributed by atoms with Crippen molar-refractivity contribution in [1.29, 1.82) is 0 Å². The summed E-state index contributed by atoms with van der Waals surface area (Å²) in [7, 11) is 2.11. The topological polar surface area (TPSA) is 20.3 Å². The Morgan fingerprint density at radius 1 is 1.64 bits per heavy atom. The molecule has 64 valence electrons. The number of carbonyl (C=O) groups excluding carboxylic acids is 1. The lowest BCUT2D eigenvalue weighted by molar-refractivity contribution is -0.108. The van der Waals surface area contributed by atoms with Crippen molar-refractivity contribution in [3.05, 3.63) is 0 Å². The van der Waals surface area contributed by atoms with Crippen molar-refractivity contribution in [1.82, 2.24) is 4.90 Å². The number of likely N-dealkylation sites (tertiary alicyclic amines) is 1. The van der Waals surface area contributed by atoms with Crippen LogP contribution in [0.15, 0.2) is 0 Å². The third-order valence-corrected chi connectivity index (χ3v) is 2.96. The first-order chi connectivity index (χ1) is 5.08. The first-order valence-corrected chi connectivity index (χ1v) is 4.24. The quantitative estimate of drug-likeness (QED) is 0.562. The number of nitrogens with zero attached hydrogens (tertiary/aromatic N) is 1. The Labute approximate surface area is 68.6 Å². The molecule has 0 radical (unpaired) electrons. The van der Waals surface area contributed by atoms with Crippen molar-refractivity contribution in [3.8, 4) is 0 Å². The lowest BCUT2D eigenvalue weighted by atomic mass is 10.0. The fraction of sp³-hybridized carbons (Fsp3) is 0.889. The van der Waals surface area contributed by atoms with Crippen LogP contribution in [0.1, 0.15) is 33.1 Å². The summed E-state index contributed by atoms with van der Waals surface area (Å²) in [6.45, 7) is 4.47. The second-order valence-corrected chi connectivity index (χ2v) is 4.02. The van der Waals surface area contributed by atoms with Gasteiger partial charge < -0.3 is 4.79 Å². The predicted molar refractivity (Wildman–Crippen MR) is 45.5 cm³/mol. The Kier molecular flexibility index (Phi) is 2.33. The summed E-state index contributed by atoms with van der Waals surface area (Å²) in [6, 6.07) is 0.488. The molecule has 0 bridgehead atoms. The molecule has 0 spiro atoms. The van der Waals surface area contributed by atoms with Gasteiger partial charge in [-0.15, -0.1) is 0 Å². The first-order valence-electron chi connectivity index (χ1n) is 4.24. The van der Waals surface area contributed by atoms with E-state index in [0.29, 0.717) is 18.0 Å². The van der Waals surface area contributed by atoms with Gasteiger partial charge in [0.1, 0.15) is 6.29 Å². The van der Waals surface area contributed by atoms with E-state index >= 15 is 0 Å². The van der Waals surface area contributed by atoms with E-state index < -0.39 is 0 Å². The number of hydrogen-bond acceptors (Lipinski definition) is 2. The molecule has 11 heavy (non-hydrogen) atoms. The normalized spacial score (nSPS) is 30.6. The van der Waals surface area contributed by atoms with Gasteiger partial charge in [0.25, 0.3) is 0 Å². The summed E-state index contributed by atoms with van der Waals surface area (Å²) < 4.78 is 0. The highest BCUT2D eigenvalue weighted by Gasteiger charge is 2.35. The van der Waals surface area contributed by atoms with Crippen molar-refractivity contribution in [3.63, 3.8) is 0 Å². The van der Waals surface area contributed by atoms with Gasteiger partial charge in [-0.3, -0.25) is 4.90 Å². The molecule has 0 aromatic rings. The lowest BCUT2D eigenvalue weighted by Gasteiger charge is -2.31. The second-order valence-electron chi connectivity index (χ2n) is 4.02. The molecule has 1 atom stereocenters. The molecule has 0 aliphatic carbocycles. The van der Waals surface area contributed by atoms with Crippen LogP contribution in [-0.4, -0.2) is 29.8 Å². The van der Waals surface area contributed by atoms with Crippen LogP contribution in [0.2, 0.25) is 0 Å². The van der Waals surface area contributed by atoms with Gasteiger partial charge in [-0.1, -0.05) is 0 Å². The van der Waals surface area contributed by atoms with Gasteiger partial charge in [-0.05, 0) is 33.7 Å². The Hall–Kier alpha value is -0.370. The fourth-order valence-corrected chi connectivity index (χ4v) is 1.77. The summed E-state index contributed by atoms with van der Waals surface area (Å²) in [6.07, 6.45) is 4.10. The van der Waals surface area contributed by atoms with Gasteiger partial charge in [-0.25, -0.2) is 0 Å². The maximum atomic E-state index is 10.3. The molecule has 0 aromatic carbocycles. The Morgan fingerprint density at radius 3 is 2.64 bits per heavy atom. The molecule has 2 nitrogen and oxygen atoms in total. The average molecular weight is 155 g/mol. The van der Waals surface area contributed by atoms with E-state index in [9.17, 15) is 4.79 Å². The van der Waals surface area contributed by atoms with Gasteiger partial charge in [0, 0.05) is 18.0 Å². The van der Waals surface area contributed by atoms with E-state index in [-0.39, 0.29) is 0 Å². The van der Waals surface area contributed by atoms with Crippen LogP contribution >= 0.6 is 0 Å². The molecule has 1 aliphatic rings. The third kappa shape index (κ3) is 1.62. The van der Waals surface area contributed by atoms with Gasteiger partial charge in [0.15, 0.2) is 0 Å². The Bertz CT molecular complexity index is 154. The zero-order valence-electron chi connectivity index (χ0n) is 7.63. The standard InChI is InChI=1S/C9H17NO/c1-9(2)6-4-8(5-7-11)10(9)3/h7-8H,4-6H2,1-3H3. The summed E-state index contributed by atoms with van der Waals surface area (Å²) in [5.74, 6) is 0. The number of aldehydes is 1. The molecule has 0 amide bonds. The monoisotopic (exact) mass is 155 g/mol. The van der Waals surface area contributed by atoms with Gasteiger partial charge >= 0.3 is 0 Å². The largest absolute Gasteiger partial charge is 0.303 e. The minimum Gasteiger partial charge on any atom is -0.303 e. The van der Waals surface area contributed by atoms with E-state index in [1.165, 1.54) is 12.8 Å². The summed E-state index contributed by atoms with van der Waals surface area (Å²) in [5, 5.41) is 0. The summed E-state index contributed by atoms with van der Waals surface area (Å²) in [5.41, 5.74) is 0.299. The van der Waals surface area contributed by atoms with Gasteiger partial charge in [0.2, 0.25) is 0 Å². The van der Waals surface area contributed by atoms with E-state index in [4.69, 9.17) is 0 Å². The van der Waals surface area contributed by atoms with E-state index in [1.807, 2.05) is 0 Å². The maximum absolute atomic E-state index is 10.3. The minimum atomic E-state index is 0.299. The van der Waals surface area contributed by atoms with Crippen molar-refractivity contribution < 1.29 is 4.79 Å². The third-order valence-electron chi connectivity index (χ3n) is 2.96. The molecule has 1 heterocycles. The highest BCUT2D eigenvalue weighted by molar-refractivity contribution is 5.50. The molecule has 1 fully saturated rings. The van der Waals surface area contributed by atoms with Crippen molar-refractivity contribution >= 4 is 6.29 Å². The first kappa shape index (κ1) is 8.72. The van der Waals surface area contributed by atoms with Crippen molar-refractivity contribution in [2.45, 2.75) is 44.7 Å². The maximum Gasteiger partial charge on any atom is 0.121 e. The molecule has 0 saturated carbocycles. The molecule has 1 aliphatic heterocycles. The average Bonchev–Trinajstić information content (AvgIpc) is 2.17. The Balaban J connectivity index is 2.55. The van der Waals surface area contributed by atoms with Crippen LogP contribution in [-0.2, 0) is 4.79 Å². The van der Waals surface area contributed by atoms with Crippen LogP contribution in [0, 0.1) is 0 Å². The molecule has 2 heteroatoms. The molecular weight excluding hydrogens is 138 g/mol. The molecule has 1 saturated heterocycles. The smallest absolute Gasteiger partial charge is 0.121 e. The summed E-state index contributed by atoms with van der Waals surface area (Å²) in [4.78, 5) is 12.6. The van der Waals surface area contributed by atoms with E-state index in [2.05, 4.69) is 25.8 Å². The molecule has 0 N–H and O–H groups in total. The van der Waals surface area contributed by atoms with E-state index in [1.54, 1.807) is 0 Å². The van der Waals surface area contributed by atoms with Gasteiger partial charge in [-0.2, -0.15) is 0 Å². The second kappa shape index (κ2) is 2.94. The molecule has 0 aromatic heterocycles. The minimum absolute atomic E-state index is 0.299. The number of hydrogen-bond donors (Lipinski definition) is 0. The fourth-order valence-electron chi connectivity index (χ4n) is 1.77. The van der Waals surface area contributed by atoms with Crippen molar-refractivity contribution in [2.75, 3.05) is 7.05 Å². The highest BCUT2D eigenvalue weighted by Crippen LogP contribution is 2.32. The number of carbonyl (C=O) groups is 1. The van der Waals surface area contributed by atoms with Crippen LogP contribution in [0.3, 0.4) is 0 Å². The lowest BCUT2D eigenvalue weighted by Crippen LogP contribution is -2.39. The predicted octanol–water partition coefficient (Wildman–Crippen LogP) is 1.45. The molecule has 1 unspecified atom stereocenters. The zero-order valence-corrected chi connectivity index (χ0v) is 7.63. The Morgan fingerprint density at radius 2 is 2.27 bits per heavy atom. The summed E-state index contributed by atoms with van der Waals surface area (Å²) >= 11 is 0. The van der Waals surface area contributed by atoms with Crippen LogP contribution in [0.5, 0.6) is 0 Å². The van der Waals surface area contributed by atoms with Crippen molar-refractivity contribution in [2.24, 2.45) is 0 Å². The van der Waals surface area contributed by atoms with Crippen LogP contribution < -0.4 is 0 Å². The highest BCUT2D eigenvalue weighted by atomic mass is 16.1. The zero-order chi connectivity index (χ0) is 8.48. The SMILES string of the molecule is CN1C(CC=O)CCC1(C)C. The van der Waals surface area contributed by atoms with E-state index in [0.717, 1.165) is 6.29 Å². The van der Waals surface area contributed by atoms with Crippen LogP contribution in [0.4, 0.5) is 0 Å². The number of rotatable bonds is 2. The molecule has 1 rings (SSSR count). The van der Waals surface area contributed by atoms with Gasteiger partial charge in [0.05, 0.1) is 0 Å². The molecular formula is C9H17NO.